The molecule has 10 heteroatoms. The number of sulfonamides is 1. The van der Waals surface area contributed by atoms with Crippen molar-refractivity contribution < 1.29 is 17.6 Å². The highest BCUT2D eigenvalue weighted by molar-refractivity contribution is 7.99. The second-order valence-corrected chi connectivity index (χ2v) is 9.31. The lowest BCUT2D eigenvalue weighted by Gasteiger charge is -2.25. The average molecular weight is 411 g/mol. The van der Waals surface area contributed by atoms with Crippen LogP contribution in [-0.4, -0.2) is 66.7 Å². The summed E-state index contributed by atoms with van der Waals surface area (Å²) in [7, 11) is -0.175. The van der Waals surface area contributed by atoms with Gasteiger partial charge in [-0.05, 0) is 31.0 Å². The summed E-state index contributed by atoms with van der Waals surface area (Å²) in [6, 6.07) is 6.52. The molecule has 3 rings (SSSR count). The third-order valence-corrected chi connectivity index (χ3v) is 6.96. The van der Waals surface area contributed by atoms with Gasteiger partial charge in [0, 0.05) is 32.7 Å². The molecular weight excluding hydrogens is 388 g/mol. The fraction of sp³-hybridized carbons (Fsp3) is 0.471. The van der Waals surface area contributed by atoms with Crippen molar-refractivity contribution in [3.8, 4) is 11.5 Å². The highest BCUT2D eigenvalue weighted by Gasteiger charge is 2.26. The van der Waals surface area contributed by atoms with Gasteiger partial charge in [0.2, 0.25) is 21.8 Å². The number of rotatable bonds is 6. The first-order valence-electron chi connectivity index (χ1n) is 8.65. The van der Waals surface area contributed by atoms with E-state index in [0.29, 0.717) is 18.7 Å². The van der Waals surface area contributed by atoms with E-state index in [-0.39, 0.29) is 27.7 Å². The first kappa shape index (κ1) is 19.8. The summed E-state index contributed by atoms with van der Waals surface area (Å²) in [4.78, 5) is 13.3. The number of nitrogens with zero attached hydrogens (tertiary/aromatic N) is 4. The van der Waals surface area contributed by atoms with E-state index in [1.54, 1.807) is 38.4 Å². The number of carbonyl (C=O) groups excluding carboxylic acids is 1. The summed E-state index contributed by atoms with van der Waals surface area (Å²) < 4.78 is 32.8. The van der Waals surface area contributed by atoms with Crippen LogP contribution in [0.5, 0.6) is 0 Å². The third-order valence-electron chi connectivity index (χ3n) is 4.26. The fourth-order valence-electron chi connectivity index (χ4n) is 2.68. The molecule has 1 aliphatic rings. The van der Waals surface area contributed by atoms with E-state index >= 15 is 0 Å². The second kappa shape index (κ2) is 8.41. The Labute approximate surface area is 163 Å². The molecule has 1 aromatic heterocycles. The SMILES string of the molecule is CN(C)C(=O)CSc1nnc(-c2cccc(S(=O)(=O)N3CCCCC3)c2)o1. The molecule has 1 saturated heterocycles. The Morgan fingerprint density at radius 3 is 2.67 bits per heavy atom. The Morgan fingerprint density at radius 1 is 1.22 bits per heavy atom. The van der Waals surface area contributed by atoms with Crippen molar-refractivity contribution in [1.29, 1.82) is 0 Å². The molecule has 1 fully saturated rings. The molecule has 1 amide bonds. The maximum atomic E-state index is 12.8. The Morgan fingerprint density at radius 2 is 1.96 bits per heavy atom. The van der Waals surface area contributed by atoms with Crippen LogP contribution in [0.3, 0.4) is 0 Å². The smallest absolute Gasteiger partial charge is 0.277 e. The maximum Gasteiger partial charge on any atom is 0.277 e. The van der Waals surface area contributed by atoms with E-state index in [1.165, 1.54) is 9.21 Å². The van der Waals surface area contributed by atoms with Crippen molar-refractivity contribution in [2.45, 2.75) is 29.4 Å². The predicted molar refractivity (Wildman–Crippen MR) is 102 cm³/mol. The van der Waals surface area contributed by atoms with Crippen LogP contribution in [0, 0.1) is 0 Å². The molecule has 2 heterocycles. The van der Waals surface area contributed by atoms with Gasteiger partial charge in [0.1, 0.15) is 0 Å². The Hall–Kier alpha value is -1.91. The molecule has 1 aliphatic heterocycles. The topological polar surface area (TPSA) is 96.6 Å². The quantitative estimate of drug-likeness (QED) is 0.673. The molecule has 0 aliphatic carbocycles. The first-order valence-corrected chi connectivity index (χ1v) is 11.1. The number of thioether (sulfide) groups is 1. The number of aromatic nitrogens is 2. The highest BCUT2D eigenvalue weighted by Crippen LogP contribution is 2.27. The monoisotopic (exact) mass is 410 g/mol. The normalized spacial score (nSPS) is 15.6. The molecular formula is C17H22N4O4S2. The van der Waals surface area contributed by atoms with Crippen molar-refractivity contribution in [2.75, 3.05) is 32.9 Å². The zero-order chi connectivity index (χ0) is 19.4. The fourth-order valence-corrected chi connectivity index (χ4v) is 4.99. The number of benzene rings is 1. The standard InChI is InChI=1S/C17H22N4O4S2/c1-20(2)15(22)12-26-17-19-18-16(25-17)13-7-6-8-14(11-13)27(23,24)21-9-4-3-5-10-21/h6-8,11H,3-5,9-10,12H2,1-2H3. The van der Waals surface area contributed by atoms with Crippen LogP contribution < -0.4 is 0 Å². The summed E-state index contributed by atoms with van der Waals surface area (Å²) >= 11 is 1.15. The summed E-state index contributed by atoms with van der Waals surface area (Å²) in [5.74, 6) is 0.359. The van der Waals surface area contributed by atoms with Crippen molar-refractivity contribution in [1.82, 2.24) is 19.4 Å². The Balaban J connectivity index is 1.77. The van der Waals surface area contributed by atoms with Gasteiger partial charge in [0.15, 0.2) is 0 Å². The van der Waals surface area contributed by atoms with Crippen LogP contribution in [0.15, 0.2) is 38.8 Å². The van der Waals surface area contributed by atoms with Gasteiger partial charge in [0.25, 0.3) is 5.22 Å². The lowest BCUT2D eigenvalue weighted by molar-refractivity contribution is -0.125. The van der Waals surface area contributed by atoms with Crippen LogP contribution in [0.4, 0.5) is 0 Å². The molecule has 8 nitrogen and oxygen atoms in total. The number of piperidine rings is 1. The first-order chi connectivity index (χ1) is 12.9. The third kappa shape index (κ3) is 4.69. The number of hydrogen-bond donors (Lipinski definition) is 0. The van der Waals surface area contributed by atoms with E-state index < -0.39 is 10.0 Å². The van der Waals surface area contributed by atoms with Gasteiger partial charge in [-0.3, -0.25) is 4.79 Å². The van der Waals surface area contributed by atoms with E-state index in [1.807, 2.05) is 0 Å². The largest absolute Gasteiger partial charge is 0.411 e. The zero-order valence-electron chi connectivity index (χ0n) is 15.3. The molecule has 0 radical (unpaired) electrons. The molecule has 0 bridgehead atoms. The molecule has 0 spiro atoms. The minimum atomic E-state index is -3.53. The average Bonchev–Trinajstić information content (AvgIpc) is 3.16. The summed E-state index contributed by atoms with van der Waals surface area (Å²) in [6.07, 6.45) is 2.83. The Kier molecular flexibility index (Phi) is 6.18. The number of amides is 1. The molecule has 1 aromatic carbocycles. The minimum Gasteiger partial charge on any atom is -0.411 e. The summed E-state index contributed by atoms with van der Waals surface area (Å²) in [6.45, 7) is 1.10. The molecule has 0 unspecified atom stereocenters. The van der Waals surface area contributed by atoms with Crippen molar-refractivity contribution in [3.05, 3.63) is 24.3 Å². The summed E-state index contributed by atoms with van der Waals surface area (Å²) in [5.41, 5.74) is 0.534. The molecule has 146 valence electrons. The van der Waals surface area contributed by atoms with Gasteiger partial charge in [-0.25, -0.2) is 8.42 Å². The molecule has 0 atom stereocenters. The summed E-state index contributed by atoms with van der Waals surface area (Å²) in [5, 5.41) is 8.16. The van der Waals surface area contributed by atoms with Gasteiger partial charge < -0.3 is 9.32 Å². The van der Waals surface area contributed by atoms with Crippen molar-refractivity contribution >= 4 is 27.7 Å². The molecule has 2 aromatic rings. The van der Waals surface area contributed by atoms with E-state index in [2.05, 4.69) is 10.2 Å². The van der Waals surface area contributed by atoms with Gasteiger partial charge in [-0.2, -0.15) is 4.31 Å². The molecule has 0 N–H and O–H groups in total. The predicted octanol–water partition coefficient (Wildman–Crippen LogP) is 2.09. The minimum absolute atomic E-state index is 0.0608. The van der Waals surface area contributed by atoms with E-state index in [4.69, 9.17) is 4.42 Å². The van der Waals surface area contributed by atoms with Crippen LogP contribution >= 0.6 is 11.8 Å². The maximum absolute atomic E-state index is 12.8. The van der Waals surface area contributed by atoms with Crippen molar-refractivity contribution in [3.63, 3.8) is 0 Å². The molecule has 27 heavy (non-hydrogen) atoms. The van der Waals surface area contributed by atoms with Gasteiger partial charge in [-0.15, -0.1) is 10.2 Å². The van der Waals surface area contributed by atoms with Gasteiger partial charge in [0.05, 0.1) is 10.6 Å². The molecule has 0 saturated carbocycles. The van der Waals surface area contributed by atoms with Crippen LogP contribution in [0.2, 0.25) is 0 Å². The van der Waals surface area contributed by atoms with E-state index in [9.17, 15) is 13.2 Å². The van der Waals surface area contributed by atoms with Crippen molar-refractivity contribution in [2.24, 2.45) is 0 Å². The van der Waals surface area contributed by atoms with Crippen LogP contribution in [0.1, 0.15) is 19.3 Å². The van der Waals surface area contributed by atoms with Gasteiger partial charge in [-0.1, -0.05) is 24.2 Å². The Bertz CT molecular complexity index is 905. The highest BCUT2D eigenvalue weighted by atomic mass is 32.2. The number of hydrogen-bond acceptors (Lipinski definition) is 7. The van der Waals surface area contributed by atoms with E-state index in [0.717, 1.165) is 31.0 Å². The zero-order valence-corrected chi connectivity index (χ0v) is 16.9. The lowest BCUT2D eigenvalue weighted by Crippen LogP contribution is -2.35. The second-order valence-electron chi connectivity index (χ2n) is 6.44. The lowest BCUT2D eigenvalue weighted by atomic mass is 10.2. The number of carbonyl (C=O) groups is 1. The van der Waals surface area contributed by atoms with Crippen LogP contribution in [-0.2, 0) is 14.8 Å². The van der Waals surface area contributed by atoms with Crippen LogP contribution in [0.25, 0.3) is 11.5 Å². The van der Waals surface area contributed by atoms with Gasteiger partial charge >= 0.3 is 0 Å².